The van der Waals surface area contributed by atoms with E-state index in [0.717, 1.165) is 31.3 Å². The van der Waals surface area contributed by atoms with Crippen molar-refractivity contribution < 1.29 is 23.5 Å². The average molecular weight is 537 g/mol. The number of fused-ring (bicyclic) bond motifs is 2. The summed E-state index contributed by atoms with van der Waals surface area (Å²) < 4.78 is 14.2. The molecule has 1 saturated carbocycles. The molecule has 0 amide bonds. The molecule has 0 aromatic carbocycles. The lowest BCUT2D eigenvalue weighted by Crippen LogP contribution is -2.67. The number of carbonyl (C=O) groups is 2. The Morgan fingerprint density at radius 2 is 1.36 bits per heavy atom. The molecule has 3 aliphatic carbocycles. The summed E-state index contributed by atoms with van der Waals surface area (Å²) in [6.45, 7) is 26.4. The molecule has 0 aromatic rings. The molecule has 3 aliphatic rings. The number of carboxylic acids is 1. The number of ketones is 1. The van der Waals surface area contributed by atoms with Crippen molar-refractivity contribution in [1.82, 2.24) is 0 Å². The van der Waals surface area contributed by atoms with Crippen molar-refractivity contribution in [3.63, 3.8) is 0 Å². The summed E-state index contributed by atoms with van der Waals surface area (Å²) in [6, 6.07) is 0. The van der Waals surface area contributed by atoms with Gasteiger partial charge in [0.05, 0.1) is 17.6 Å². The zero-order valence-corrected chi connectivity index (χ0v) is 27.1. The average Bonchev–Trinajstić information content (AvgIpc) is 2.71. The summed E-state index contributed by atoms with van der Waals surface area (Å²) in [6.07, 6.45) is 3.93. The first-order valence-electron chi connectivity index (χ1n) is 14.0. The van der Waals surface area contributed by atoms with E-state index in [0.29, 0.717) is 6.42 Å². The Hall–Kier alpha value is -0.766. The van der Waals surface area contributed by atoms with Gasteiger partial charge in [0, 0.05) is 11.8 Å². The van der Waals surface area contributed by atoms with Crippen molar-refractivity contribution >= 4 is 28.4 Å². The molecular formula is C29H52O5Si2. The fraction of sp³-hybridized carbons (Fsp3) is 0.862. The molecule has 7 heteroatoms. The van der Waals surface area contributed by atoms with Gasteiger partial charge in [-0.1, -0.05) is 54.0 Å². The number of hydrogen-bond acceptors (Lipinski definition) is 4. The maximum absolute atomic E-state index is 13.5. The fourth-order valence-corrected chi connectivity index (χ4v) is 9.20. The van der Waals surface area contributed by atoms with Crippen LogP contribution in [-0.4, -0.2) is 45.7 Å². The van der Waals surface area contributed by atoms with Gasteiger partial charge in [-0.2, -0.15) is 0 Å². The van der Waals surface area contributed by atoms with Crippen LogP contribution in [0.25, 0.3) is 0 Å². The predicted octanol–water partition coefficient (Wildman–Crippen LogP) is 7.73. The molecule has 5 nitrogen and oxygen atoms in total. The maximum atomic E-state index is 13.5. The molecule has 0 saturated heterocycles. The zero-order chi connectivity index (χ0) is 27.7. The molecule has 3 rings (SSSR count). The highest BCUT2D eigenvalue weighted by Gasteiger charge is 2.67. The van der Waals surface area contributed by atoms with Gasteiger partial charge in [-0.3, -0.25) is 9.59 Å². The Bertz CT molecular complexity index is 938. The van der Waals surface area contributed by atoms with Gasteiger partial charge in [-0.15, -0.1) is 0 Å². The van der Waals surface area contributed by atoms with Gasteiger partial charge >= 0.3 is 5.97 Å². The summed E-state index contributed by atoms with van der Waals surface area (Å²) in [4.78, 5) is 26.7. The minimum absolute atomic E-state index is 0.0243. The number of hydrogen-bond donors (Lipinski definition) is 1. The summed E-state index contributed by atoms with van der Waals surface area (Å²) >= 11 is 0. The van der Waals surface area contributed by atoms with Crippen LogP contribution >= 0.6 is 0 Å². The van der Waals surface area contributed by atoms with E-state index in [1.54, 1.807) is 0 Å². The normalized spacial score (nSPS) is 34.3. The minimum atomic E-state index is -2.29. The van der Waals surface area contributed by atoms with Gasteiger partial charge in [-0.25, -0.2) is 0 Å². The number of aliphatic carboxylic acids is 1. The third kappa shape index (κ3) is 4.64. The quantitative estimate of drug-likeness (QED) is 0.364. The monoisotopic (exact) mass is 536 g/mol. The second-order valence-corrected chi connectivity index (χ2v) is 24.7. The summed E-state index contributed by atoms with van der Waals surface area (Å²) in [5.41, 5.74) is 0.514. The van der Waals surface area contributed by atoms with E-state index in [4.69, 9.17) is 8.85 Å². The largest absolute Gasteiger partial charge is 0.481 e. The minimum Gasteiger partial charge on any atom is -0.481 e. The smallest absolute Gasteiger partial charge is 0.312 e. The Labute approximate surface area is 222 Å². The number of carboxylic acid groups (broad SMARTS) is 1. The topological polar surface area (TPSA) is 72.8 Å². The van der Waals surface area contributed by atoms with Gasteiger partial charge in [-0.05, 0) is 86.8 Å². The molecule has 5 atom stereocenters. The molecule has 0 radical (unpaired) electrons. The van der Waals surface area contributed by atoms with Crippen LogP contribution in [0.4, 0.5) is 0 Å². The molecule has 0 spiro atoms. The third-order valence-electron chi connectivity index (χ3n) is 11.0. The maximum Gasteiger partial charge on any atom is 0.312 e. The molecule has 0 unspecified atom stereocenters. The predicted molar refractivity (Wildman–Crippen MR) is 151 cm³/mol. The molecule has 1 fully saturated rings. The molecule has 0 aliphatic heterocycles. The molecule has 0 heterocycles. The van der Waals surface area contributed by atoms with Crippen LogP contribution in [0.3, 0.4) is 0 Å². The lowest BCUT2D eigenvalue weighted by molar-refractivity contribution is -0.187. The molecule has 206 valence electrons. The van der Waals surface area contributed by atoms with E-state index in [-0.39, 0.29) is 34.3 Å². The van der Waals surface area contributed by atoms with Crippen molar-refractivity contribution in [1.29, 1.82) is 0 Å². The summed E-state index contributed by atoms with van der Waals surface area (Å²) in [5.74, 6) is -1.05. The Morgan fingerprint density at radius 1 is 0.889 bits per heavy atom. The number of allylic oxidation sites excluding steroid dienone is 1. The highest BCUT2D eigenvalue weighted by Crippen LogP contribution is 2.63. The molecule has 0 bridgehead atoms. The lowest BCUT2D eigenvalue weighted by atomic mass is 9.46. The lowest BCUT2D eigenvalue weighted by Gasteiger charge is -2.62. The molecule has 36 heavy (non-hydrogen) atoms. The van der Waals surface area contributed by atoms with Crippen LogP contribution in [0, 0.1) is 16.7 Å². The standard InChI is InChI=1S/C29H52O5Si2/c1-26(2,3)35(9,10)33-23-18-24(34-36(11,12)27(4,5)6)29(8,25(31)32)22-17-21(30)19-15-13-14-16-20(19)28(22,23)7/h22-24H,13-18H2,1-12H3,(H,31,32)/t22-,23-,24+,28-,29+/m1/s1. The van der Waals surface area contributed by atoms with Crippen molar-refractivity contribution in [2.75, 3.05) is 0 Å². The third-order valence-corrected chi connectivity index (χ3v) is 20.0. The molecule has 0 aromatic heterocycles. The number of rotatable bonds is 5. The highest BCUT2D eigenvalue weighted by molar-refractivity contribution is 6.74. The fourth-order valence-electron chi connectivity index (χ4n) is 6.39. The van der Waals surface area contributed by atoms with E-state index in [1.807, 2.05) is 6.92 Å². The summed E-state index contributed by atoms with van der Waals surface area (Å²) in [5, 5.41) is 10.8. The number of carbonyl (C=O) groups excluding carboxylic acids is 1. The van der Waals surface area contributed by atoms with Gasteiger partial charge in [0.15, 0.2) is 22.4 Å². The highest BCUT2D eigenvalue weighted by atomic mass is 28.4. The Morgan fingerprint density at radius 3 is 1.83 bits per heavy atom. The van der Waals surface area contributed by atoms with Gasteiger partial charge < -0.3 is 14.0 Å². The zero-order valence-electron chi connectivity index (χ0n) is 25.1. The van der Waals surface area contributed by atoms with Crippen molar-refractivity contribution in [3.05, 3.63) is 11.1 Å². The second-order valence-electron chi connectivity index (χ2n) is 15.2. The second kappa shape index (κ2) is 9.16. The van der Waals surface area contributed by atoms with E-state index in [1.165, 1.54) is 5.57 Å². The van der Waals surface area contributed by atoms with Crippen LogP contribution in [0.2, 0.25) is 36.3 Å². The van der Waals surface area contributed by atoms with E-state index in [2.05, 4.69) is 74.7 Å². The van der Waals surface area contributed by atoms with Crippen LogP contribution in [0.1, 0.15) is 93.9 Å². The van der Waals surface area contributed by atoms with E-state index in [9.17, 15) is 14.7 Å². The first kappa shape index (κ1) is 29.8. The van der Waals surface area contributed by atoms with Crippen molar-refractivity contribution in [2.24, 2.45) is 16.7 Å². The van der Waals surface area contributed by atoms with Crippen LogP contribution in [0.15, 0.2) is 11.1 Å². The summed E-state index contributed by atoms with van der Waals surface area (Å²) in [7, 11) is -4.48. The number of Topliss-reactive ketones (excluding diaryl/α,β-unsaturated/α-hetero) is 1. The van der Waals surface area contributed by atoms with Crippen LogP contribution < -0.4 is 0 Å². The van der Waals surface area contributed by atoms with E-state index >= 15 is 0 Å². The first-order chi connectivity index (χ1) is 16.1. The first-order valence-corrected chi connectivity index (χ1v) is 19.8. The van der Waals surface area contributed by atoms with Gasteiger partial charge in [0.25, 0.3) is 0 Å². The van der Waals surface area contributed by atoms with Crippen LogP contribution in [-0.2, 0) is 18.4 Å². The van der Waals surface area contributed by atoms with Gasteiger partial charge in [0.1, 0.15) is 0 Å². The molecular weight excluding hydrogens is 484 g/mol. The van der Waals surface area contributed by atoms with Crippen molar-refractivity contribution in [2.45, 2.75) is 142 Å². The Kier molecular flexibility index (Phi) is 7.58. The van der Waals surface area contributed by atoms with Gasteiger partial charge in [0.2, 0.25) is 0 Å². The SMILES string of the molecule is CC(C)(C)[Si](C)(C)O[C@H]1C[C@@H](O[Si](C)(C)C(C)(C)C)[C@]2(C)C3=C(CCCC3)C(=O)C[C@H]2[C@]1(C)C(=O)O. The van der Waals surface area contributed by atoms with Crippen molar-refractivity contribution in [3.8, 4) is 0 Å². The Balaban J connectivity index is 2.23. The van der Waals surface area contributed by atoms with E-state index < -0.39 is 39.5 Å². The van der Waals surface area contributed by atoms with Crippen LogP contribution in [0.5, 0.6) is 0 Å². The molecule has 1 N–H and O–H groups in total.